The number of aliphatic hydroxyl groups is 1. The SMILES string of the molecule is Cc1nccc(N[C@@H]2COCC[C@@H]2NC(=O)C(F)(F)C2(O)CCC2)n1. The van der Waals surface area contributed by atoms with Crippen LogP contribution >= 0.6 is 0 Å². The first-order chi connectivity index (χ1) is 11.8. The zero-order valence-electron chi connectivity index (χ0n) is 14.0. The predicted octanol–water partition coefficient (Wildman–Crippen LogP) is 1.02. The van der Waals surface area contributed by atoms with Gasteiger partial charge in [-0.2, -0.15) is 8.78 Å². The molecule has 0 bridgehead atoms. The van der Waals surface area contributed by atoms with Gasteiger partial charge in [-0.05, 0) is 38.7 Å². The molecule has 1 saturated carbocycles. The number of amides is 1. The second kappa shape index (κ2) is 6.80. The lowest BCUT2D eigenvalue weighted by molar-refractivity contribution is -0.216. The highest BCUT2D eigenvalue weighted by atomic mass is 19.3. The number of carbonyl (C=O) groups excluding carboxylic acids is 1. The Labute approximate surface area is 144 Å². The highest BCUT2D eigenvalue weighted by Crippen LogP contribution is 2.44. The van der Waals surface area contributed by atoms with E-state index >= 15 is 0 Å². The molecule has 2 atom stereocenters. The molecule has 2 fully saturated rings. The van der Waals surface area contributed by atoms with Crippen molar-refractivity contribution in [1.82, 2.24) is 15.3 Å². The van der Waals surface area contributed by atoms with Crippen LogP contribution < -0.4 is 10.6 Å². The van der Waals surface area contributed by atoms with Crippen LogP contribution in [0.15, 0.2) is 12.3 Å². The Morgan fingerprint density at radius 3 is 2.84 bits per heavy atom. The fourth-order valence-electron chi connectivity index (χ4n) is 3.08. The summed E-state index contributed by atoms with van der Waals surface area (Å²) in [6.45, 7) is 2.35. The minimum atomic E-state index is -3.81. The van der Waals surface area contributed by atoms with Crippen molar-refractivity contribution in [3.8, 4) is 0 Å². The quantitative estimate of drug-likeness (QED) is 0.729. The van der Waals surface area contributed by atoms with Gasteiger partial charge in [-0.15, -0.1) is 0 Å². The van der Waals surface area contributed by atoms with E-state index in [2.05, 4.69) is 20.6 Å². The summed E-state index contributed by atoms with van der Waals surface area (Å²) in [6.07, 6.45) is 2.34. The van der Waals surface area contributed by atoms with E-state index in [1.807, 2.05) is 0 Å². The molecule has 1 aromatic heterocycles. The number of carbonyl (C=O) groups is 1. The lowest BCUT2D eigenvalue weighted by atomic mass is 9.75. The normalized spacial score (nSPS) is 25.8. The van der Waals surface area contributed by atoms with Crippen LogP contribution in [0.25, 0.3) is 0 Å². The monoisotopic (exact) mass is 356 g/mol. The molecule has 7 nitrogen and oxygen atoms in total. The molecule has 0 radical (unpaired) electrons. The van der Waals surface area contributed by atoms with Gasteiger partial charge in [0.1, 0.15) is 17.2 Å². The molecule has 0 aromatic carbocycles. The van der Waals surface area contributed by atoms with Gasteiger partial charge in [-0.25, -0.2) is 9.97 Å². The number of aryl methyl sites for hydroxylation is 1. The van der Waals surface area contributed by atoms with Gasteiger partial charge < -0.3 is 20.5 Å². The third kappa shape index (κ3) is 3.57. The van der Waals surface area contributed by atoms with Crippen LogP contribution in [0.5, 0.6) is 0 Å². The molecule has 1 aromatic rings. The van der Waals surface area contributed by atoms with Crippen molar-refractivity contribution in [3.63, 3.8) is 0 Å². The average Bonchev–Trinajstić information content (AvgIpc) is 2.54. The molecule has 1 saturated heterocycles. The Kier molecular flexibility index (Phi) is 4.88. The van der Waals surface area contributed by atoms with E-state index in [-0.39, 0.29) is 19.4 Å². The average molecular weight is 356 g/mol. The molecule has 0 unspecified atom stereocenters. The van der Waals surface area contributed by atoms with Crippen LogP contribution in [0.1, 0.15) is 31.5 Å². The second-order valence-electron chi connectivity index (χ2n) is 6.64. The molecule has 25 heavy (non-hydrogen) atoms. The number of nitrogens with zero attached hydrogens (tertiary/aromatic N) is 2. The van der Waals surface area contributed by atoms with Crippen molar-refractivity contribution in [1.29, 1.82) is 0 Å². The maximum absolute atomic E-state index is 14.3. The maximum Gasteiger partial charge on any atom is 0.352 e. The molecule has 1 aliphatic carbocycles. The first-order valence-corrected chi connectivity index (χ1v) is 8.37. The van der Waals surface area contributed by atoms with Gasteiger partial charge in [0.25, 0.3) is 5.91 Å². The lowest BCUT2D eigenvalue weighted by Crippen LogP contribution is -2.64. The second-order valence-corrected chi connectivity index (χ2v) is 6.64. The Morgan fingerprint density at radius 2 is 2.20 bits per heavy atom. The number of anilines is 1. The fraction of sp³-hybridized carbons (Fsp3) is 0.688. The summed E-state index contributed by atoms with van der Waals surface area (Å²) in [5.41, 5.74) is -2.23. The zero-order chi connectivity index (χ0) is 18.1. The molecule has 3 N–H and O–H groups in total. The van der Waals surface area contributed by atoms with Gasteiger partial charge in [0.2, 0.25) is 0 Å². The first-order valence-electron chi connectivity index (χ1n) is 8.37. The van der Waals surface area contributed by atoms with Crippen molar-refractivity contribution >= 4 is 11.7 Å². The molecule has 9 heteroatoms. The number of alkyl halides is 2. The minimum Gasteiger partial charge on any atom is -0.383 e. The number of halogens is 2. The molecule has 0 spiro atoms. The summed E-state index contributed by atoms with van der Waals surface area (Å²) in [7, 11) is 0. The Morgan fingerprint density at radius 1 is 1.44 bits per heavy atom. The van der Waals surface area contributed by atoms with E-state index in [1.165, 1.54) is 0 Å². The predicted molar refractivity (Wildman–Crippen MR) is 85.3 cm³/mol. The Hall–Kier alpha value is -1.87. The molecular formula is C16H22F2N4O3. The topological polar surface area (TPSA) is 96.4 Å². The van der Waals surface area contributed by atoms with E-state index in [4.69, 9.17) is 4.74 Å². The smallest absolute Gasteiger partial charge is 0.352 e. The summed E-state index contributed by atoms with van der Waals surface area (Å²) in [4.78, 5) is 20.3. The van der Waals surface area contributed by atoms with E-state index in [9.17, 15) is 18.7 Å². The summed E-state index contributed by atoms with van der Waals surface area (Å²) in [5, 5.41) is 15.4. The van der Waals surface area contributed by atoms with Gasteiger partial charge in [-0.1, -0.05) is 0 Å². The van der Waals surface area contributed by atoms with Crippen molar-refractivity contribution in [2.75, 3.05) is 18.5 Å². The molecule has 1 aliphatic heterocycles. The van der Waals surface area contributed by atoms with E-state index in [0.717, 1.165) is 0 Å². The molecule has 2 aliphatic rings. The van der Waals surface area contributed by atoms with Gasteiger partial charge in [0.05, 0.1) is 18.7 Å². The Balaban J connectivity index is 1.67. The van der Waals surface area contributed by atoms with Gasteiger partial charge in [0, 0.05) is 12.8 Å². The summed E-state index contributed by atoms with van der Waals surface area (Å²) >= 11 is 0. The maximum atomic E-state index is 14.3. The van der Waals surface area contributed by atoms with E-state index < -0.39 is 29.5 Å². The van der Waals surface area contributed by atoms with E-state index in [1.54, 1.807) is 19.2 Å². The van der Waals surface area contributed by atoms with Crippen molar-refractivity contribution in [2.24, 2.45) is 0 Å². The van der Waals surface area contributed by atoms with Crippen LogP contribution in [0.2, 0.25) is 0 Å². The number of rotatable bonds is 5. The molecule has 2 heterocycles. The van der Waals surface area contributed by atoms with Gasteiger partial charge in [-0.3, -0.25) is 4.79 Å². The third-order valence-electron chi connectivity index (χ3n) is 4.83. The number of ether oxygens (including phenoxy) is 1. The first kappa shape index (κ1) is 17.9. The summed E-state index contributed by atoms with van der Waals surface area (Å²) < 4.78 is 33.9. The van der Waals surface area contributed by atoms with Gasteiger partial charge in [0.15, 0.2) is 0 Å². The minimum absolute atomic E-state index is 0.0664. The largest absolute Gasteiger partial charge is 0.383 e. The van der Waals surface area contributed by atoms with Crippen LogP contribution in [0.3, 0.4) is 0 Å². The molecular weight excluding hydrogens is 334 g/mol. The van der Waals surface area contributed by atoms with Crippen LogP contribution in [-0.4, -0.2) is 57.8 Å². The Bertz CT molecular complexity index is 640. The molecule has 1 amide bonds. The zero-order valence-corrected chi connectivity index (χ0v) is 14.0. The van der Waals surface area contributed by atoms with Gasteiger partial charge >= 0.3 is 5.92 Å². The van der Waals surface area contributed by atoms with Crippen molar-refractivity contribution < 1.29 is 23.4 Å². The van der Waals surface area contributed by atoms with Crippen molar-refractivity contribution in [2.45, 2.75) is 56.2 Å². The highest BCUT2D eigenvalue weighted by molar-refractivity contribution is 5.85. The van der Waals surface area contributed by atoms with Crippen LogP contribution in [0.4, 0.5) is 14.6 Å². The standard InChI is InChI=1S/C16H22F2N4O3/c1-10-19-7-3-13(20-10)21-12-9-25-8-4-11(12)22-14(23)16(17,18)15(24)5-2-6-15/h3,7,11-12,24H,2,4-6,8-9H2,1H3,(H,22,23)(H,19,20,21)/t11-,12+/m0/s1. The number of nitrogens with one attached hydrogen (secondary N) is 2. The summed E-state index contributed by atoms with van der Waals surface area (Å²) in [5.74, 6) is -4.14. The van der Waals surface area contributed by atoms with E-state index in [0.29, 0.717) is 31.1 Å². The molecule has 138 valence electrons. The number of hydrogen-bond acceptors (Lipinski definition) is 6. The van der Waals surface area contributed by atoms with Crippen LogP contribution in [0, 0.1) is 6.92 Å². The van der Waals surface area contributed by atoms with Crippen LogP contribution in [-0.2, 0) is 9.53 Å². The number of aromatic nitrogens is 2. The number of hydrogen-bond donors (Lipinski definition) is 3. The summed E-state index contributed by atoms with van der Waals surface area (Å²) in [6, 6.07) is 0.705. The fourth-order valence-corrected chi connectivity index (χ4v) is 3.08. The third-order valence-corrected chi connectivity index (χ3v) is 4.83. The lowest BCUT2D eigenvalue weighted by Gasteiger charge is -2.42. The molecule has 3 rings (SSSR count). The van der Waals surface area contributed by atoms with Crippen molar-refractivity contribution in [3.05, 3.63) is 18.1 Å². The highest BCUT2D eigenvalue weighted by Gasteiger charge is 2.61.